The van der Waals surface area contributed by atoms with E-state index in [2.05, 4.69) is 60.8 Å². The lowest BCUT2D eigenvalue weighted by Gasteiger charge is -2.03. The first kappa shape index (κ1) is 14.8. The summed E-state index contributed by atoms with van der Waals surface area (Å²) in [7, 11) is 0. The molecule has 2 aromatic carbocycles. The summed E-state index contributed by atoms with van der Waals surface area (Å²) in [5.74, 6) is 0.897. The van der Waals surface area contributed by atoms with E-state index in [1.165, 1.54) is 11.1 Å². The van der Waals surface area contributed by atoms with Gasteiger partial charge in [-0.1, -0.05) is 74.0 Å². The van der Waals surface area contributed by atoms with E-state index in [1.807, 2.05) is 12.1 Å². The Morgan fingerprint density at radius 1 is 0.909 bits per heavy atom. The number of amides is 1. The lowest BCUT2D eigenvalue weighted by Crippen LogP contribution is -2.26. The Hall–Kier alpha value is -2.09. The molecule has 0 heterocycles. The summed E-state index contributed by atoms with van der Waals surface area (Å²) < 4.78 is 0. The van der Waals surface area contributed by atoms with Crippen molar-refractivity contribution in [3.63, 3.8) is 0 Å². The highest BCUT2D eigenvalue weighted by molar-refractivity contribution is 5.85. The summed E-state index contributed by atoms with van der Waals surface area (Å²) in [4.78, 5) is 12.5. The molecule has 0 aliphatic heterocycles. The van der Waals surface area contributed by atoms with Gasteiger partial charge in [-0.15, -0.1) is 0 Å². The number of hydrogen-bond donors (Lipinski definition) is 1. The molecular weight excluding hydrogens is 270 g/mol. The van der Waals surface area contributed by atoms with Crippen LogP contribution in [0.15, 0.2) is 60.7 Å². The van der Waals surface area contributed by atoms with Crippen LogP contribution >= 0.6 is 0 Å². The maximum atomic E-state index is 12.5. The number of unbranched alkanes of at least 4 members (excludes halogenated alkanes) is 1. The van der Waals surface area contributed by atoms with Gasteiger partial charge in [-0.2, -0.15) is 0 Å². The average molecular weight is 293 g/mol. The van der Waals surface area contributed by atoms with Gasteiger partial charge in [0.2, 0.25) is 5.91 Å². The van der Waals surface area contributed by atoms with Crippen LogP contribution in [0.4, 0.5) is 0 Å². The molecule has 1 saturated carbocycles. The Morgan fingerprint density at radius 3 is 1.86 bits per heavy atom. The van der Waals surface area contributed by atoms with E-state index in [-0.39, 0.29) is 11.8 Å². The second-order valence-electron chi connectivity index (χ2n) is 6.04. The van der Waals surface area contributed by atoms with E-state index in [9.17, 15) is 4.79 Å². The molecular formula is C20H23NO. The molecule has 0 bridgehead atoms. The number of hydrogen-bond acceptors (Lipinski definition) is 1. The van der Waals surface area contributed by atoms with Crippen LogP contribution < -0.4 is 5.32 Å². The predicted molar refractivity (Wildman–Crippen MR) is 89.8 cm³/mol. The smallest absolute Gasteiger partial charge is 0.224 e. The van der Waals surface area contributed by atoms with Crippen LogP contribution in [0.5, 0.6) is 0 Å². The first-order valence-corrected chi connectivity index (χ1v) is 8.20. The van der Waals surface area contributed by atoms with Gasteiger partial charge in [0.25, 0.3) is 0 Å². The van der Waals surface area contributed by atoms with Gasteiger partial charge >= 0.3 is 0 Å². The van der Waals surface area contributed by atoms with Crippen molar-refractivity contribution < 1.29 is 4.79 Å². The quantitative estimate of drug-likeness (QED) is 0.798. The highest BCUT2D eigenvalue weighted by Gasteiger charge is 2.55. The molecule has 0 saturated heterocycles. The SMILES string of the molecule is CCCCNC(=O)C1[C@@H](c2ccccc2)[C@H]1c1ccccc1. The van der Waals surface area contributed by atoms with Crippen molar-refractivity contribution in [1.82, 2.24) is 5.32 Å². The van der Waals surface area contributed by atoms with Crippen LogP contribution in [0.3, 0.4) is 0 Å². The standard InChI is InChI=1S/C20H23NO/c1-2-3-14-21-20(22)19-17(15-10-6-4-7-11-15)18(19)16-12-8-5-9-13-16/h4-13,17-19H,2-3,14H2,1H3,(H,21,22)/t17-,18+,19?. The third-order valence-corrected chi connectivity index (χ3v) is 4.52. The lowest BCUT2D eigenvalue weighted by atomic mass is 10.0. The van der Waals surface area contributed by atoms with Crippen LogP contribution in [-0.2, 0) is 4.79 Å². The van der Waals surface area contributed by atoms with Crippen molar-refractivity contribution in [2.75, 3.05) is 6.54 Å². The second kappa shape index (κ2) is 6.78. The normalized spacial score (nSPS) is 23.0. The molecule has 0 aromatic heterocycles. The Bertz CT molecular complexity index is 563. The van der Waals surface area contributed by atoms with Gasteiger partial charge in [-0.25, -0.2) is 0 Å². The van der Waals surface area contributed by atoms with Gasteiger partial charge in [0.05, 0.1) is 5.92 Å². The summed E-state index contributed by atoms with van der Waals surface area (Å²) in [5, 5.41) is 3.11. The fraction of sp³-hybridized carbons (Fsp3) is 0.350. The maximum Gasteiger partial charge on any atom is 0.224 e. The highest BCUT2D eigenvalue weighted by atomic mass is 16.2. The average Bonchev–Trinajstić information content (AvgIpc) is 3.32. The van der Waals surface area contributed by atoms with Crippen LogP contribution in [0.1, 0.15) is 42.7 Å². The molecule has 1 fully saturated rings. The Labute approximate surface area is 132 Å². The van der Waals surface area contributed by atoms with Crippen LogP contribution in [0, 0.1) is 5.92 Å². The van der Waals surface area contributed by atoms with Crippen molar-refractivity contribution in [2.45, 2.75) is 31.6 Å². The minimum atomic E-state index is 0.0710. The Morgan fingerprint density at radius 2 is 1.41 bits per heavy atom. The van der Waals surface area contributed by atoms with Gasteiger partial charge in [0.15, 0.2) is 0 Å². The zero-order valence-electron chi connectivity index (χ0n) is 13.0. The van der Waals surface area contributed by atoms with Gasteiger partial charge < -0.3 is 5.32 Å². The van der Waals surface area contributed by atoms with Gasteiger partial charge in [0.1, 0.15) is 0 Å². The summed E-state index contributed by atoms with van der Waals surface area (Å²) in [6, 6.07) is 20.8. The van der Waals surface area contributed by atoms with E-state index in [4.69, 9.17) is 0 Å². The molecule has 1 unspecified atom stereocenters. The minimum Gasteiger partial charge on any atom is -0.356 e. The monoisotopic (exact) mass is 293 g/mol. The number of carbonyl (C=O) groups excluding carboxylic acids is 1. The number of benzene rings is 2. The summed E-state index contributed by atoms with van der Waals surface area (Å²) in [5.41, 5.74) is 2.54. The molecule has 3 atom stereocenters. The predicted octanol–water partition coefficient (Wildman–Crippen LogP) is 4.10. The van der Waals surface area contributed by atoms with Gasteiger partial charge in [-0.05, 0) is 17.5 Å². The Balaban J connectivity index is 1.79. The molecule has 1 aliphatic rings. The number of nitrogens with one attached hydrogen (secondary N) is 1. The fourth-order valence-corrected chi connectivity index (χ4v) is 3.32. The van der Waals surface area contributed by atoms with Crippen LogP contribution in [0.2, 0.25) is 0 Å². The third kappa shape index (κ3) is 3.06. The van der Waals surface area contributed by atoms with E-state index < -0.39 is 0 Å². The molecule has 3 rings (SSSR count). The number of rotatable bonds is 6. The topological polar surface area (TPSA) is 29.1 Å². The van der Waals surface area contributed by atoms with E-state index in [0.717, 1.165) is 19.4 Å². The van der Waals surface area contributed by atoms with Crippen molar-refractivity contribution in [3.8, 4) is 0 Å². The molecule has 2 heteroatoms. The molecule has 1 aliphatic carbocycles. The van der Waals surface area contributed by atoms with E-state index in [0.29, 0.717) is 11.8 Å². The van der Waals surface area contributed by atoms with Crippen LogP contribution in [0.25, 0.3) is 0 Å². The zero-order valence-corrected chi connectivity index (χ0v) is 13.0. The molecule has 2 nitrogen and oxygen atoms in total. The molecule has 0 radical (unpaired) electrons. The second-order valence-corrected chi connectivity index (χ2v) is 6.04. The summed E-state index contributed by atoms with van der Waals surface area (Å²) >= 11 is 0. The first-order chi connectivity index (χ1) is 10.8. The van der Waals surface area contributed by atoms with Crippen molar-refractivity contribution in [2.24, 2.45) is 5.92 Å². The van der Waals surface area contributed by atoms with Crippen molar-refractivity contribution in [3.05, 3.63) is 71.8 Å². The summed E-state index contributed by atoms with van der Waals surface area (Å²) in [6.07, 6.45) is 2.15. The van der Waals surface area contributed by atoms with Gasteiger partial charge in [0, 0.05) is 18.4 Å². The highest BCUT2D eigenvalue weighted by Crippen LogP contribution is 2.60. The lowest BCUT2D eigenvalue weighted by molar-refractivity contribution is -0.122. The third-order valence-electron chi connectivity index (χ3n) is 4.52. The maximum absolute atomic E-state index is 12.5. The Kier molecular flexibility index (Phi) is 4.57. The van der Waals surface area contributed by atoms with E-state index in [1.54, 1.807) is 0 Å². The van der Waals surface area contributed by atoms with Crippen LogP contribution in [-0.4, -0.2) is 12.5 Å². The molecule has 22 heavy (non-hydrogen) atoms. The largest absolute Gasteiger partial charge is 0.356 e. The zero-order chi connectivity index (χ0) is 15.4. The molecule has 1 amide bonds. The summed E-state index contributed by atoms with van der Waals surface area (Å²) in [6.45, 7) is 2.93. The van der Waals surface area contributed by atoms with Crippen molar-refractivity contribution >= 4 is 5.91 Å². The molecule has 0 spiro atoms. The van der Waals surface area contributed by atoms with E-state index >= 15 is 0 Å². The number of carbonyl (C=O) groups is 1. The first-order valence-electron chi connectivity index (χ1n) is 8.20. The molecule has 2 aromatic rings. The van der Waals surface area contributed by atoms with Crippen molar-refractivity contribution in [1.29, 1.82) is 0 Å². The molecule has 1 N–H and O–H groups in total. The van der Waals surface area contributed by atoms with Gasteiger partial charge in [-0.3, -0.25) is 4.79 Å². The minimum absolute atomic E-state index is 0.0710. The molecule has 114 valence electrons. The fourth-order valence-electron chi connectivity index (χ4n) is 3.32.